The Kier molecular flexibility index (Phi) is 4.24. The van der Waals surface area contributed by atoms with Crippen molar-refractivity contribution in [1.29, 1.82) is 0 Å². The summed E-state index contributed by atoms with van der Waals surface area (Å²) in [5.41, 5.74) is 7.04. The number of carbonyl (C=O) groups excluding carboxylic acids is 1. The number of hydrogen-bond acceptors (Lipinski definition) is 5. The van der Waals surface area contributed by atoms with E-state index in [-0.39, 0.29) is 12.3 Å². The molecular formula is C14H17N3O3. The summed E-state index contributed by atoms with van der Waals surface area (Å²) < 4.78 is 11.9. The first-order valence-electron chi connectivity index (χ1n) is 6.27. The number of methoxy groups -OCH3 is 1. The quantitative estimate of drug-likeness (QED) is 0.842. The maximum atomic E-state index is 11.9. The molecule has 0 radical (unpaired) electrons. The first-order chi connectivity index (χ1) is 9.63. The van der Waals surface area contributed by atoms with Gasteiger partial charge in [-0.05, 0) is 24.6 Å². The average Bonchev–Trinajstić information content (AvgIpc) is 2.86. The molecule has 1 aromatic heterocycles. The summed E-state index contributed by atoms with van der Waals surface area (Å²) in [4.78, 5) is 11.9. The smallest absolute Gasteiger partial charge is 0.361 e. The third-order valence-corrected chi connectivity index (χ3v) is 2.81. The lowest BCUT2D eigenvalue weighted by Gasteiger charge is -2.05. The van der Waals surface area contributed by atoms with Gasteiger partial charge in [0.15, 0.2) is 5.69 Å². The number of carbonyl (C=O) groups is 1. The van der Waals surface area contributed by atoms with Crippen molar-refractivity contribution in [3.8, 4) is 5.75 Å². The van der Waals surface area contributed by atoms with E-state index in [1.165, 1.54) is 0 Å². The first kappa shape index (κ1) is 13.9. The van der Waals surface area contributed by atoms with Crippen molar-refractivity contribution >= 4 is 11.7 Å². The minimum Gasteiger partial charge on any atom is -0.497 e. The highest BCUT2D eigenvalue weighted by Crippen LogP contribution is 2.15. The van der Waals surface area contributed by atoms with Gasteiger partial charge in [0.1, 0.15) is 12.4 Å². The van der Waals surface area contributed by atoms with Crippen LogP contribution < -0.4 is 10.5 Å². The Bertz CT molecular complexity index is 607. The number of aryl methyl sites for hydroxylation is 1. The van der Waals surface area contributed by atoms with Crippen molar-refractivity contribution in [1.82, 2.24) is 9.78 Å². The van der Waals surface area contributed by atoms with Crippen LogP contribution in [0.4, 0.5) is 5.69 Å². The summed E-state index contributed by atoms with van der Waals surface area (Å²) in [6.07, 6.45) is 1.61. The van der Waals surface area contributed by atoms with Gasteiger partial charge in [-0.2, -0.15) is 5.10 Å². The van der Waals surface area contributed by atoms with Gasteiger partial charge in [0.05, 0.1) is 12.8 Å². The Balaban J connectivity index is 2.02. The fourth-order valence-electron chi connectivity index (χ4n) is 1.74. The molecule has 2 aromatic rings. The molecule has 0 atom stereocenters. The lowest BCUT2D eigenvalue weighted by atomic mass is 10.2. The zero-order valence-corrected chi connectivity index (χ0v) is 11.5. The SMILES string of the molecule is CCn1cc(N)c(C(=O)OCc2cccc(OC)c2)n1. The fraction of sp³-hybridized carbons (Fsp3) is 0.286. The molecule has 2 rings (SSSR count). The predicted molar refractivity (Wildman–Crippen MR) is 74.4 cm³/mol. The molecule has 0 fully saturated rings. The molecule has 0 unspecified atom stereocenters. The van der Waals surface area contributed by atoms with Gasteiger partial charge in [-0.1, -0.05) is 12.1 Å². The highest BCUT2D eigenvalue weighted by molar-refractivity contribution is 5.92. The molecule has 106 valence electrons. The third kappa shape index (κ3) is 3.09. The lowest BCUT2D eigenvalue weighted by molar-refractivity contribution is 0.0465. The largest absolute Gasteiger partial charge is 0.497 e. The Morgan fingerprint density at radius 1 is 1.45 bits per heavy atom. The molecule has 0 saturated carbocycles. The summed E-state index contributed by atoms with van der Waals surface area (Å²) >= 11 is 0. The number of rotatable bonds is 5. The molecule has 0 bridgehead atoms. The number of benzene rings is 1. The summed E-state index contributed by atoms with van der Waals surface area (Å²) in [5.74, 6) is 0.186. The van der Waals surface area contributed by atoms with Gasteiger partial charge in [-0.3, -0.25) is 4.68 Å². The zero-order valence-electron chi connectivity index (χ0n) is 11.5. The summed E-state index contributed by atoms with van der Waals surface area (Å²) in [6, 6.07) is 7.32. The van der Waals surface area contributed by atoms with Crippen LogP contribution in [0.3, 0.4) is 0 Å². The van der Waals surface area contributed by atoms with Crippen molar-refractivity contribution in [2.75, 3.05) is 12.8 Å². The maximum Gasteiger partial charge on any atom is 0.361 e. The van der Waals surface area contributed by atoms with Gasteiger partial charge >= 0.3 is 5.97 Å². The molecule has 0 spiro atoms. The van der Waals surface area contributed by atoms with Crippen molar-refractivity contribution in [3.63, 3.8) is 0 Å². The molecule has 2 N–H and O–H groups in total. The van der Waals surface area contributed by atoms with Crippen molar-refractivity contribution in [2.45, 2.75) is 20.1 Å². The number of esters is 1. The van der Waals surface area contributed by atoms with Crippen molar-refractivity contribution in [3.05, 3.63) is 41.7 Å². The minimum absolute atomic E-state index is 0.147. The lowest BCUT2D eigenvalue weighted by Crippen LogP contribution is -2.09. The second kappa shape index (κ2) is 6.10. The molecule has 1 aromatic carbocycles. The number of ether oxygens (including phenoxy) is 2. The summed E-state index contributed by atoms with van der Waals surface area (Å²) in [7, 11) is 1.59. The van der Waals surface area contributed by atoms with Crippen LogP contribution in [-0.2, 0) is 17.9 Å². The molecule has 0 aliphatic rings. The summed E-state index contributed by atoms with van der Waals surface area (Å²) in [5, 5.41) is 4.07. The van der Waals surface area contributed by atoms with E-state index < -0.39 is 5.97 Å². The third-order valence-electron chi connectivity index (χ3n) is 2.81. The Morgan fingerprint density at radius 3 is 2.90 bits per heavy atom. The first-order valence-corrected chi connectivity index (χ1v) is 6.27. The van der Waals surface area contributed by atoms with Crippen molar-refractivity contribution < 1.29 is 14.3 Å². The van der Waals surface area contributed by atoms with E-state index in [0.29, 0.717) is 18.0 Å². The van der Waals surface area contributed by atoms with Gasteiger partial charge in [0.25, 0.3) is 0 Å². The number of nitrogen functional groups attached to an aromatic ring is 1. The van der Waals surface area contributed by atoms with E-state index in [1.807, 2.05) is 25.1 Å². The van der Waals surface area contributed by atoms with E-state index in [9.17, 15) is 4.79 Å². The molecule has 0 aliphatic carbocycles. The topological polar surface area (TPSA) is 79.4 Å². The molecular weight excluding hydrogens is 258 g/mol. The van der Waals surface area contributed by atoms with Crippen LogP contribution in [0.2, 0.25) is 0 Å². The van der Waals surface area contributed by atoms with E-state index >= 15 is 0 Å². The van der Waals surface area contributed by atoms with Gasteiger partial charge < -0.3 is 15.2 Å². The van der Waals surface area contributed by atoms with Gasteiger partial charge in [0, 0.05) is 12.7 Å². The standard InChI is InChI=1S/C14H17N3O3/c1-3-17-8-12(15)13(16-17)14(18)20-9-10-5-4-6-11(7-10)19-2/h4-8H,3,9,15H2,1-2H3. The Hall–Kier alpha value is -2.50. The number of nitrogens with two attached hydrogens (primary N) is 1. The molecule has 6 heteroatoms. The number of anilines is 1. The van der Waals surface area contributed by atoms with E-state index in [0.717, 1.165) is 5.56 Å². The Morgan fingerprint density at radius 2 is 2.25 bits per heavy atom. The maximum absolute atomic E-state index is 11.9. The normalized spacial score (nSPS) is 10.3. The van der Waals surface area contributed by atoms with Crippen LogP contribution in [-0.4, -0.2) is 22.9 Å². The molecule has 1 heterocycles. The second-order valence-corrected chi connectivity index (χ2v) is 4.22. The van der Waals surface area contributed by atoms with Crippen LogP contribution in [0, 0.1) is 0 Å². The molecule has 0 amide bonds. The molecule has 0 saturated heterocycles. The highest BCUT2D eigenvalue weighted by atomic mass is 16.5. The van der Waals surface area contributed by atoms with E-state index in [4.69, 9.17) is 15.2 Å². The fourth-order valence-corrected chi connectivity index (χ4v) is 1.74. The van der Waals surface area contributed by atoms with E-state index in [2.05, 4.69) is 5.10 Å². The molecule has 0 aliphatic heterocycles. The van der Waals surface area contributed by atoms with Crippen LogP contribution in [0.25, 0.3) is 0 Å². The van der Waals surface area contributed by atoms with Crippen LogP contribution >= 0.6 is 0 Å². The van der Waals surface area contributed by atoms with Crippen LogP contribution in [0.1, 0.15) is 23.0 Å². The van der Waals surface area contributed by atoms with Crippen LogP contribution in [0.5, 0.6) is 5.75 Å². The molecule has 20 heavy (non-hydrogen) atoms. The van der Waals surface area contributed by atoms with Crippen molar-refractivity contribution in [2.24, 2.45) is 0 Å². The van der Waals surface area contributed by atoms with E-state index in [1.54, 1.807) is 24.1 Å². The number of nitrogens with zero attached hydrogens (tertiary/aromatic N) is 2. The van der Waals surface area contributed by atoms with Gasteiger partial charge in [-0.25, -0.2) is 4.79 Å². The highest BCUT2D eigenvalue weighted by Gasteiger charge is 2.16. The average molecular weight is 275 g/mol. The number of aromatic nitrogens is 2. The monoisotopic (exact) mass is 275 g/mol. The summed E-state index contributed by atoms with van der Waals surface area (Å²) in [6.45, 7) is 2.71. The van der Waals surface area contributed by atoms with Crippen LogP contribution in [0.15, 0.2) is 30.5 Å². The predicted octanol–water partition coefficient (Wildman–Crippen LogP) is 1.85. The minimum atomic E-state index is -0.530. The number of hydrogen-bond donors (Lipinski definition) is 1. The van der Waals surface area contributed by atoms with Gasteiger partial charge in [-0.15, -0.1) is 0 Å². The second-order valence-electron chi connectivity index (χ2n) is 4.22. The zero-order chi connectivity index (χ0) is 14.5. The molecule has 6 nitrogen and oxygen atoms in total. The Labute approximate surface area is 117 Å². The van der Waals surface area contributed by atoms with Gasteiger partial charge in [0.2, 0.25) is 0 Å².